The molecule has 1 aromatic rings. The Hall–Kier alpha value is -0.910. The van der Waals surface area contributed by atoms with E-state index in [1.54, 1.807) is 16.4 Å². The molecular weight excluding hydrogens is 284 g/mol. The number of rotatable bonds is 7. The van der Waals surface area contributed by atoms with Crippen LogP contribution in [-0.2, 0) is 16.6 Å². The summed E-state index contributed by atoms with van der Waals surface area (Å²) in [5.41, 5.74) is 7.43. The maximum Gasteiger partial charge on any atom is 0.243 e. The van der Waals surface area contributed by atoms with Gasteiger partial charge in [-0.3, -0.25) is 0 Å². The highest BCUT2D eigenvalue weighted by atomic mass is 32.2. The summed E-state index contributed by atoms with van der Waals surface area (Å²) < 4.78 is 27.8. The first kappa shape index (κ1) is 15.0. The van der Waals surface area contributed by atoms with Crippen molar-refractivity contribution in [2.45, 2.75) is 44.0 Å². The van der Waals surface area contributed by atoms with Gasteiger partial charge in [-0.25, -0.2) is 8.42 Å². The molecule has 3 rings (SSSR count). The smallest absolute Gasteiger partial charge is 0.243 e. The molecule has 0 bridgehead atoms. The van der Waals surface area contributed by atoms with Gasteiger partial charge in [-0.05, 0) is 61.6 Å². The van der Waals surface area contributed by atoms with Crippen molar-refractivity contribution in [2.24, 2.45) is 17.6 Å². The number of hydrogen-bond acceptors (Lipinski definition) is 3. The highest BCUT2D eigenvalue weighted by Crippen LogP contribution is 2.36. The molecule has 0 spiro atoms. The quantitative estimate of drug-likeness (QED) is 0.840. The molecule has 0 radical (unpaired) electrons. The highest BCUT2D eigenvalue weighted by Gasteiger charge is 2.36. The number of sulfonamides is 1. The van der Waals surface area contributed by atoms with Crippen LogP contribution in [-0.4, -0.2) is 25.8 Å². The second-order valence-electron chi connectivity index (χ2n) is 6.45. The molecule has 2 aliphatic carbocycles. The zero-order valence-electron chi connectivity index (χ0n) is 12.6. The molecular formula is C16H24N2O2S. The van der Waals surface area contributed by atoms with E-state index < -0.39 is 10.0 Å². The molecule has 2 aliphatic rings. The Labute approximate surface area is 127 Å². The zero-order chi connectivity index (χ0) is 15.0. The van der Waals surface area contributed by atoms with E-state index >= 15 is 0 Å². The molecule has 1 aromatic carbocycles. The van der Waals surface area contributed by atoms with E-state index in [0.717, 1.165) is 11.1 Å². The summed E-state index contributed by atoms with van der Waals surface area (Å²) >= 11 is 0. The van der Waals surface area contributed by atoms with Crippen molar-refractivity contribution in [3.8, 4) is 0 Å². The van der Waals surface area contributed by atoms with Crippen molar-refractivity contribution in [1.82, 2.24) is 4.31 Å². The monoisotopic (exact) mass is 308 g/mol. The maximum absolute atomic E-state index is 13.0. The van der Waals surface area contributed by atoms with Gasteiger partial charge in [-0.2, -0.15) is 4.31 Å². The van der Waals surface area contributed by atoms with Crippen molar-refractivity contribution in [3.63, 3.8) is 0 Å². The van der Waals surface area contributed by atoms with E-state index in [0.29, 0.717) is 36.4 Å². The summed E-state index contributed by atoms with van der Waals surface area (Å²) in [6.07, 6.45) is 4.66. The minimum atomic E-state index is -3.40. The van der Waals surface area contributed by atoms with Gasteiger partial charge >= 0.3 is 0 Å². The third-order valence-corrected chi connectivity index (χ3v) is 6.53. The number of hydrogen-bond donors (Lipinski definition) is 1. The largest absolute Gasteiger partial charge is 0.326 e. The summed E-state index contributed by atoms with van der Waals surface area (Å²) in [6, 6.07) is 5.42. The molecule has 2 saturated carbocycles. The van der Waals surface area contributed by atoms with Gasteiger partial charge in [0.15, 0.2) is 0 Å². The van der Waals surface area contributed by atoms with Gasteiger partial charge < -0.3 is 5.73 Å². The molecule has 0 atom stereocenters. The van der Waals surface area contributed by atoms with Gasteiger partial charge in [0.25, 0.3) is 0 Å². The van der Waals surface area contributed by atoms with Gasteiger partial charge in [0.2, 0.25) is 10.0 Å². The Bertz CT molecular complexity index is 605. The first-order valence-corrected chi connectivity index (χ1v) is 9.25. The van der Waals surface area contributed by atoms with Crippen LogP contribution in [0.3, 0.4) is 0 Å². The van der Waals surface area contributed by atoms with Gasteiger partial charge in [0.05, 0.1) is 4.90 Å². The summed E-state index contributed by atoms with van der Waals surface area (Å²) in [5, 5.41) is 0. The number of nitrogens with two attached hydrogens (primary N) is 1. The minimum absolute atomic E-state index is 0.375. The summed E-state index contributed by atoms with van der Waals surface area (Å²) in [5.74, 6) is 1.13. The predicted octanol–water partition coefficient (Wildman–Crippen LogP) is 2.26. The molecule has 0 aromatic heterocycles. The third-order valence-electron chi connectivity index (χ3n) is 4.55. The van der Waals surface area contributed by atoms with Crippen LogP contribution in [0, 0.1) is 18.8 Å². The standard InChI is InChI=1S/C16H24N2O2S/c1-12-15(9-17)3-2-4-16(12)21(19,20)18(10-13-5-6-13)11-14-7-8-14/h2-4,13-14H,5-11,17H2,1H3. The van der Waals surface area contributed by atoms with Crippen LogP contribution in [0.1, 0.15) is 36.8 Å². The Morgan fingerprint density at radius 1 is 1.14 bits per heavy atom. The maximum atomic E-state index is 13.0. The molecule has 116 valence electrons. The lowest BCUT2D eigenvalue weighted by Gasteiger charge is -2.23. The average molecular weight is 308 g/mol. The molecule has 2 N–H and O–H groups in total. The topological polar surface area (TPSA) is 63.4 Å². The van der Waals surface area contributed by atoms with E-state index in [4.69, 9.17) is 5.73 Å². The fourth-order valence-electron chi connectivity index (χ4n) is 2.75. The summed E-state index contributed by atoms with van der Waals surface area (Å²) in [4.78, 5) is 0.437. The van der Waals surface area contributed by atoms with Crippen molar-refractivity contribution in [1.29, 1.82) is 0 Å². The Balaban J connectivity index is 1.91. The van der Waals surface area contributed by atoms with Crippen molar-refractivity contribution in [2.75, 3.05) is 13.1 Å². The number of benzene rings is 1. The van der Waals surface area contributed by atoms with Crippen molar-refractivity contribution in [3.05, 3.63) is 29.3 Å². The van der Waals surface area contributed by atoms with E-state index in [-0.39, 0.29) is 0 Å². The van der Waals surface area contributed by atoms with Crippen LogP contribution >= 0.6 is 0 Å². The summed E-state index contributed by atoms with van der Waals surface area (Å²) in [6.45, 7) is 3.61. The Morgan fingerprint density at radius 3 is 2.19 bits per heavy atom. The first-order valence-electron chi connectivity index (χ1n) is 7.81. The van der Waals surface area contributed by atoms with Crippen LogP contribution in [0.4, 0.5) is 0 Å². The zero-order valence-corrected chi connectivity index (χ0v) is 13.4. The molecule has 21 heavy (non-hydrogen) atoms. The minimum Gasteiger partial charge on any atom is -0.326 e. The average Bonchev–Trinajstić information content (AvgIpc) is 3.33. The van der Waals surface area contributed by atoms with Gasteiger partial charge in [-0.1, -0.05) is 12.1 Å². The van der Waals surface area contributed by atoms with E-state index in [1.807, 2.05) is 13.0 Å². The van der Waals surface area contributed by atoms with Crippen LogP contribution in [0.2, 0.25) is 0 Å². The molecule has 0 aliphatic heterocycles. The van der Waals surface area contributed by atoms with Crippen LogP contribution in [0.25, 0.3) is 0 Å². The Kier molecular flexibility index (Phi) is 4.08. The van der Waals surface area contributed by atoms with Gasteiger partial charge in [0, 0.05) is 19.6 Å². The van der Waals surface area contributed by atoms with Crippen molar-refractivity contribution >= 4 is 10.0 Å². The van der Waals surface area contributed by atoms with Crippen LogP contribution in [0.5, 0.6) is 0 Å². The fourth-order valence-corrected chi connectivity index (χ4v) is 4.61. The van der Waals surface area contributed by atoms with Crippen molar-refractivity contribution < 1.29 is 8.42 Å². The third kappa shape index (κ3) is 3.30. The first-order chi connectivity index (χ1) is 10.0. The second-order valence-corrected chi connectivity index (χ2v) is 8.36. The SMILES string of the molecule is Cc1c(CN)cccc1S(=O)(=O)N(CC1CC1)CC1CC1. The van der Waals surface area contributed by atoms with Gasteiger partial charge in [0.1, 0.15) is 0 Å². The van der Waals surface area contributed by atoms with Crippen LogP contribution in [0.15, 0.2) is 23.1 Å². The lowest BCUT2D eigenvalue weighted by Crippen LogP contribution is -2.35. The predicted molar refractivity (Wildman–Crippen MR) is 83.3 cm³/mol. The lowest BCUT2D eigenvalue weighted by molar-refractivity contribution is 0.382. The molecule has 4 nitrogen and oxygen atoms in total. The Morgan fingerprint density at radius 2 is 1.71 bits per heavy atom. The molecule has 5 heteroatoms. The van der Waals surface area contributed by atoms with E-state index in [2.05, 4.69) is 0 Å². The lowest BCUT2D eigenvalue weighted by atomic mass is 10.1. The molecule has 0 amide bonds. The van der Waals surface area contributed by atoms with E-state index in [1.165, 1.54) is 25.7 Å². The molecule has 0 unspecified atom stereocenters. The van der Waals surface area contributed by atoms with Crippen LogP contribution < -0.4 is 5.73 Å². The fraction of sp³-hybridized carbons (Fsp3) is 0.625. The second kappa shape index (κ2) is 5.71. The molecule has 0 heterocycles. The van der Waals surface area contributed by atoms with Gasteiger partial charge in [-0.15, -0.1) is 0 Å². The normalized spacial score (nSPS) is 19.2. The van der Waals surface area contributed by atoms with E-state index in [9.17, 15) is 8.42 Å². The summed E-state index contributed by atoms with van der Waals surface area (Å²) in [7, 11) is -3.40. The number of nitrogens with zero attached hydrogens (tertiary/aromatic N) is 1. The highest BCUT2D eigenvalue weighted by molar-refractivity contribution is 7.89. The molecule has 2 fully saturated rings. The molecule has 0 saturated heterocycles.